The number of halogens is 1. The number of primary amides is 1. The third-order valence-corrected chi connectivity index (χ3v) is 4.93. The Morgan fingerprint density at radius 2 is 2.07 bits per heavy atom. The maximum Gasteiger partial charge on any atom is 0.320 e. The van der Waals surface area contributed by atoms with E-state index in [-0.39, 0.29) is 17.2 Å². The van der Waals surface area contributed by atoms with Crippen molar-refractivity contribution < 1.29 is 19.4 Å². The summed E-state index contributed by atoms with van der Waals surface area (Å²) in [4.78, 5) is 23.9. The Bertz CT molecular complexity index is 903. The molecule has 1 aliphatic carbocycles. The molecule has 0 heterocycles. The molecule has 0 saturated heterocycles. The summed E-state index contributed by atoms with van der Waals surface area (Å²) >= 11 is 5.97. The van der Waals surface area contributed by atoms with Crippen LogP contribution >= 0.6 is 11.6 Å². The molecule has 0 fully saturated rings. The van der Waals surface area contributed by atoms with Gasteiger partial charge in [0.25, 0.3) is 0 Å². The SMILES string of the molecule is COc1ccc2c(c1)C(CO)(NC(=O)Nc1cc(Cl)cc(C(N)=O)c1)CC2. The van der Waals surface area contributed by atoms with Gasteiger partial charge in [0, 0.05) is 16.3 Å². The van der Waals surface area contributed by atoms with Crippen molar-refractivity contribution in [2.75, 3.05) is 19.0 Å². The van der Waals surface area contributed by atoms with Crippen molar-refractivity contribution in [3.63, 3.8) is 0 Å². The molecular weight excluding hydrogens is 370 g/mol. The first-order chi connectivity index (χ1) is 12.9. The van der Waals surface area contributed by atoms with Gasteiger partial charge in [0.2, 0.25) is 5.91 Å². The molecule has 27 heavy (non-hydrogen) atoms. The lowest BCUT2D eigenvalue weighted by atomic mass is 9.92. The third kappa shape index (κ3) is 3.84. The molecule has 5 N–H and O–H groups in total. The van der Waals surface area contributed by atoms with E-state index in [1.165, 1.54) is 18.2 Å². The first kappa shape index (κ1) is 19.0. The molecule has 0 bridgehead atoms. The minimum atomic E-state index is -0.918. The minimum Gasteiger partial charge on any atom is -0.497 e. The van der Waals surface area contributed by atoms with E-state index in [4.69, 9.17) is 22.1 Å². The van der Waals surface area contributed by atoms with Crippen LogP contribution in [-0.2, 0) is 12.0 Å². The van der Waals surface area contributed by atoms with Crippen LogP contribution < -0.4 is 21.1 Å². The second-order valence-electron chi connectivity index (χ2n) is 6.44. The van der Waals surface area contributed by atoms with Crippen LogP contribution in [0, 0.1) is 0 Å². The maximum absolute atomic E-state index is 12.6. The number of methoxy groups -OCH3 is 1. The topological polar surface area (TPSA) is 114 Å². The van der Waals surface area contributed by atoms with Crippen molar-refractivity contribution in [1.82, 2.24) is 5.32 Å². The number of anilines is 1. The van der Waals surface area contributed by atoms with Crippen molar-refractivity contribution >= 4 is 29.2 Å². The van der Waals surface area contributed by atoms with E-state index in [1.807, 2.05) is 18.2 Å². The first-order valence-corrected chi connectivity index (χ1v) is 8.72. The predicted octanol–water partition coefficient (Wildman–Crippen LogP) is 2.40. The number of carbonyl (C=O) groups excluding carboxylic acids is 2. The number of aliphatic hydroxyl groups is 1. The summed E-state index contributed by atoms with van der Waals surface area (Å²) in [6.45, 7) is -0.261. The zero-order chi connectivity index (χ0) is 19.6. The number of carbonyl (C=O) groups is 2. The summed E-state index contributed by atoms with van der Waals surface area (Å²) < 4.78 is 5.26. The summed E-state index contributed by atoms with van der Waals surface area (Å²) in [5.74, 6) is 0.00114. The van der Waals surface area contributed by atoms with E-state index in [2.05, 4.69) is 10.6 Å². The molecule has 142 valence electrons. The highest BCUT2D eigenvalue weighted by Crippen LogP contribution is 2.38. The molecule has 8 heteroatoms. The van der Waals surface area contributed by atoms with E-state index in [1.54, 1.807) is 7.11 Å². The highest BCUT2D eigenvalue weighted by atomic mass is 35.5. The fourth-order valence-corrected chi connectivity index (χ4v) is 3.58. The summed E-state index contributed by atoms with van der Waals surface area (Å²) in [6.07, 6.45) is 1.28. The normalized spacial score (nSPS) is 17.9. The van der Waals surface area contributed by atoms with Gasteiger partial charge in [-0.2, -0.15) is 0 Å². The number of hydrogen-bond acceptors (Lipinski definition) is 4. The second kappa shape index (κ2) is 7.46. The molecule has 0 radical (unpaired) electrons. The lowest BCUT2D eigenvalue weighted by molar-refractivity contribution is 0.1000. The van der Waals surface area contributed by atoms with Gasteiger partial charge in [0.1, 0.15) is 5.75 Å². The molecule has 0 spiro atoms. The molecule has 3 rings (SSSR count). The standard InChI is InChI=1S/C19H20ClN3O4/c1-27-15-3-2-11-4-5-19(10-24,16(11)9-15)23-18(26)22-14-7-12(17(21)25)6-13(20)8-14/h2-3,6-9,24H,4-5,10H2,1H3,(H2,21,25)(H2,22,23,26). The van der Waals surface area contributed by atoms with Crippen LogP contribution in [0.15, 0.2) is 36.4 Å². The van der Waals surface area contributed by atoms with Gasteiger partial charge in [-0.05, 0) is 54.3 Å². The zero-order valence-corrected chi connectivity index (χ0v) is 15.5. The number of amides is 3. The molecular formula is C19H20ClN3O4. The largest absolute Gasteiger partial charge is 0.497 e. The molecule has 3 amide bonds. The Hall–Kier alpha value is -2.77. The Kier molecular flexibility index (Phi) is 5.25. The Labute approximate surface area is 161 Å². The number of fused-ring (bicyclic) bond motifs is 1. The predicted molar refractivity (Wildman–Crippen MR) is 102 cm³/mol. The molecule has 0 saturated carbocycles. The zero-order valence-electron chi connectivity index (χ0n) is 14.7. The van der Waals surface area contributed by atoms with Crippen LogP contribution in [-0.4, -0.2) is 30.8 Å². The van der Waals surface area contributed by atoms with Crippen LogP contribution in [0.5, 0.6) is 5.75 Å². The van der Waals surface area contributed by atoms with Gasteiger partial charge in [0.15, 0.2) is 0 Å². The molecule has 7 nitrogen and oxygen atoms in total. The quantitative estimate of drug-likeness (QED) is 0.628. The molecule has 0 aromatic heterocycles. The Balaban J connectivity index is 1.83. The second-order valence-corrected chi connectivity index (χ2v) is 6.87. The molecule has 0 aliphatic heterocycles. The minimum absolute atomic E-state index is 0.186. The smallest absolute Gasteiger partial charge is 0.320 e. The number of urea groups is 1. The van der Waals surface area contributed by atoms with Crippen molar-refractivity contribution in [2.24, 2.45) is 5.73 Å². The number of nitrogens with one attached hydrogen (secondary N) is 2. The fraction of sp³-hybridized carbons (Fsp3) is 0.263. The summed E-state index contributed by atoms with van der Waals surface area (Å²) in [5, 5.41) is 15.8. The molecule has 1 aliphatic rings. The van der Waals surface area contributed by atoms with Crippen molar-refractivity contribution in [2.45, 2.75) is 18.4 Å². The number of benzene rings is 2. The molecule has 1 unspecified atom stereocenters. The average molecular weight is 390 g/mol. The summed E-state index contributed by atoms with van der Waals surface area (Å²) in [6, 6.07) is 9.43. The Morgan fingerprint density at radius 3 is 2.74 bits per heavy atom. The molecule has 2 aromatic rings. The van der Waals surface area contributed by atoms with Crippen molar-refractivity contribution in [1.29, 1.82) is 0 Å². The lowest BCUT2D eigenvalue weighted by Gasteiger charge is -2.30. The third-order valence-electron chi connectivity index (χ3n) is 4.72. The van der Waals surface area contributed by atoms with Crippen LogP contribution in [0.3, 0.4) is 0 Å². The van der Waals surface area contributed by atoms with Gasteiger partial charge in [-0.1, -0.05) is 17.7 Å². The number of nitrogens with two attached hydrogens (primary N) is 1. The first-order valence-electron chi connectivity index (χ1n) is 8.35. The average Bonchev–Trinajstić information content (AvgIpc) is 2.99. The van der Waals surface area contributed by atoms with Crippen LogP contribution in [0.25, 0.3) is 0 Å². The molecule has 2 aromatic carbocycles. The number of ether oxygens (including phenoxy) is 1. The van der Waals surface area contributed by atoms with Gasteiger partial charge in [-0.3, -0.25) is 4.79 Å². The maximum atomic E-state index is 12.6. The van der Waals surface area contributed by atoms with Crippen LogP contribution in [0.4, 0.5) is 10.5 Å². The highest BCUT2D eigenvalue weighted by molar-refractivity contribution is 6.31. The van der Waals surface area contributed by atoms with Crippen molar-refractivity contribution in [3.05, 3.63) is 58.1 Å². The van der Waals surface area contributed by atoms with Crippen LogP contribution in [0.2, 0.25) is 5.02 Å². The van der Waals surface area contributed by atoms with Gasteiger partial charge in [-0.25, -0.2) is 4.79 Å². The van der Waals surface area contributed by atoms with Gasteiger partial charge >= 0.3 is 6.03 Å². The number of hydrogen-bond donors (Lipinski definition) is 4. The van der Waals surface area contributed by atoms with Gasteiger partial charge < -0.3 is 26.2 Å². The molecule has 1 atom stereocenters. The van der Waals surface area contributed by atoms with Crippen molar-refractivity contribution in [3.8, 4) is 5.75 Å². The van der Waals surface area contributed by atoms with E-state index in [0.717, 1.165) is 17.5 Å². The number of aryl methyl sites for hydroxylation is 1. The fourth-order valence-electron chi connectivity index (χ4n) is 3.35. The number of rotatable bonds is 5. The van der Waals surface area contributed by atoms with E-state index >= 15 is 0 Å². The monoisotopic (exact) mass is 389 g/mol. The van der Waals surface area contributed by atoms with E-state index < -0.39 is 17.5 Å². The van der Waals surface area contributed by atoms with E-state index in [9.17, 15) is 14.7 Å². The van der Waals surface area contributed by atoms with Gasteiger partial charge in [-0.15, -0.1) is 0 Å². The Morgan fingerprint density at radius 1 is 1.30 bits per heavy atom. The summed E-state index contributed by atoms with van der Waals surface area (Å²) in [7, 11) is 1.56. The van der Waals surface area contributed by atoms with E-state index in [0.29, 0.717) is 17.9 Å². The van der Waals surface area contributed by atoms with Crippen LogP contribution in [0.1, 0.15) is 27.9 Å². The highest BCUT2D eigenvalue weighted by Gasteiger charge is 2.40. The lowest BCUT2D eigenvalue weighted by Crippen LogP contribution is -2.48. The number of aliphatic hydroxyl groups excluding tert-OH is 1. The summed E-state index contributed by atoms with van der Waals surface area (Å²) in [5.41, 5.74) is 6.73. The van der Waals surface area contributed by atoms with Gasteiger partial charge in [0.05, 0.1) is 19.3 Å².